The van der Waals surface area contributed by atoms with Gasteiger partial charge in [-0.25, -0.2) is 0 Å². The van der Waals surface area contributed by atoms with Gasteiger partial charge in [-0.3, -0.25) is 0 Å². The first kappa shape index (κ1) is 12.1. The van der Waals surface area contributed by atoms with Gasteiger partial charge >= 0.3 is 0 Å². The summed E-state index contributed by atoms with van der Waals surface area (Å²) in [5.41, 5.74) is 2.68. The number of nitrogens with one attached hydrogen (secondary N) is 1. The Bertz CT molecular complexity index is 476. The SMILES string of the molecule is CCNCc1cccc2ccn(CCOC)c12. The summed E-state index contributed by atoms with van der Waals surface area (Å²) in [5.74, 6) is 0. The molecule has 2 aromatic rings. The van der Waals surface area contributed by atoms with Crippen LogP contribution in [0.5, 0.6) is 0 Å². The topological polar surface area (TPSA) is 26.2 Å². The Labute approximate surface area is 102 Å². The van der Waals surface area contributed by atoms with Crippen molar-refractivity contribution in [1.82, 2.24) is 9.88 Å². The van der Waals surface area contributed by atoms with Crippen LogP contribution in [0.2, 0.25) is 0 Å². The van der Waals surface area contributed by atoms with Gasteiger partial charge in [0.05, 0.1) is 12.1 Å². The van der Waals surface area contributed by atoms with Crippen LogP contribution in [0.25, 0.3) is 10.9 Å². The van der Waals surface area contributed by atoms with E-state index in [0.29, 0.717) is 0 Å². The van der Waals surface area contributed by atoms with Crippen LogP contribution in [0.15, 0.2) is 30.5 Å². The highest BCUT2D eigenvalue weighted by Crippen LogP contribution is 2.20. The average Bonchev–Trinajstić information content (AvgIpc) is 2.77. The highest BCUT2D eigenvalue weighted by atomic mass is 16.5. The monoisotopic (exact) mass is 232 g/mol. The van der Waals surface area contributed by atoms with Crippen molar-refractivity contribution < 1.29 is 4.74 Å². The minimum Gasteiger partial charge on any atom is -0.383 e. The summed E-state index contributed by atoms with van der Waals surface area (Å²) in [7, 11) is 1.74. The van der Waals surface area contributed by atoms with Crippen LogP contribution in [-0.4, -0.2) is 24.8 Å². The van der Waals surface area contributed by atoms with Crippen LogP contribution in [-0.2, 0) is 17.8 Å². The van der Waals surface area contributed by atoms with Crippen molar-refractivity contribution in [3.8, 4) is 0 Å². The van der Waals surface area contributed by atoms with Crippen molar-refractivity contribution in [3.05, 3.63) is 36.0 Å². The molecular formula is C14H20N2O. The lowest BCUT2D eigenvalue weighted by atomic mass is 10.1. The minimum atomic E-state index is 0.749. The van der Waals surface area contributed by atoms with E-state index in [9.17, 15) is 0 Å². The average molecular weight is 232 g/mol. The molecule has 0 saturated heterocycles. The summed E-state index contributed by atoms with van der Waals surface area (Å²) < 4.78 is 7.42. The smallest absolute Gasteiger partial charge is 0.0641 e. The van der Waals surface area contributed by atoms with E-state index >= 15 is 0 Å². The van der Waals surface area contributed by atoms with Gasteiger partial charge in [-0.15, -0.1) is 0 Å². The number of para-hydroxylation sites is 1. The highest BCUT2D eigenvalue weighted by Gasteiger charge is 2.05. The maximum absolute atomic E-state index is 5.15. The lowest BCUT2D eigenvalue weighted by molar-refractivity contribution is 0.188. The van der Waals surface area contributed by atoms with E-state index in [1.807, 2.05) is 0 Å². The van der Waals surface area contributed by atoms with Gasteiger partial charge in [-0.1, -0.05) is 25.1 Å². The molecule has 0 fully saturated rings. The third-order valence-electron chi connectivity index (χ3n) is 2.97. The van der Waals surface area contributed by atoms with Crippen LogP contribution in [0.3, 0.4) is 0 Å². The number of hydrogen-bond donors (Lipinski definition) is 1. The third-order valence-corrected chi connectivity index (χ3v) is 2.97. The maximum atomic E-state index is 5.15. The summed E-state index contributed by atoms with van der Waals surface area (Å²) in [6.45, 7) is 5.70. The van der Waals surface area contributed by atoms with Crippen molar-refractivity contribution in [2.45, 2.75) is 20.0 Å². The zero-order valence-corrected chi connectivity index (χ0v) is 10.6. The second kappa shape index (κ2) is 5.84. The predicted molar refractivity (Wildman–Crippen MR) is 71.2 cm³/mol. The van der Waals surface area contributed by atoms with Crippen molar-refractivity contribution in [1.29, 1.82) is 0 Å². The molecule has 1 aromatic carbocycles. The van der Waals surface area contributed by atoms with Gasteiger partial charge < -0.3 is 14.6 Å². The number of nitrogens with zero attached hydrogens (tertiary/aromatic N) is 1. The van der Waals surface area contributed by atoms with Gasteiger partial charge in [0.2, 0.25) is 0 Å². The molecule has 0 atom stereocenters. The van der Waals surface area contributed by atoms with Crippen molar-refractivity contribution in [2.75, 3.05) is 20.3 Å². The summed E-state index contributed by atoms with van der Waals surface area (Å²) >= 11 is 0. The normalized spacial score (nSPS) is 11.2. The first-order chi connectivity index (χ1) is 8.36. The standard InChI is InChI=1S/C14H20N2O/c1-3-15-11-13-6-4-5-12-7-8-16(14(12)13)9-10-17-2/h4-8,15H,3,9-11H2,1-2H3. The molecule has 3 heteroatoms. The predicted octanol–water partition coefficient (Wildman–Crippen LogP) is 2.40. The van der Waals surface area contributed by atoms with Crippen LogP contribution in [0.4, 0.5) is 0 Å². The van der Waals surface area contributed by atoms with Gasteiger partial charge in [0.25, 0.3) is 0 Å². The summed E-state index contributed by atoms with van der Waals surface area (Å²) in [5, 5.41) is 4.69. The highest BCUT2D eigenvalue weighted by molar-refractivity contribution is 5.83. The van der Waals surface area contributed by atoms with Crippen molar-refractivity contribution in [3.63, 3.8) is 0 Å². The molecule has 1 N–H and O–H groups in total. The quantitative estimate of drug-likeness (QED) is 0.827. The summed E-state index contributed by atoms with van der Waals surface area (Å²) in [6, 6.07) is 8.64. The first-order valence-electron chi connectivity index (χ1n) is 6.13. The Morgan fingerprint density at radius 1 is 1.29 bits per heavy atom. The molecular weight excluding hydrogens is 212 g/mol. The van der Waals surface area contributed by atoms with E-state index in [2.05, 4.69) is 47.3 Å². The van der Waals surface area contributed by atoms with E-state index in [1.54, 1.807) is 7.11 Å². The molecule has 0 saturated carbocycles. The molecule has 0 radical (unpaired) electrons. The van der Waals surface area contributed by atoms with E-state index < -0.39 is 0 Å². The van der Waals surface area contributed by atoms with E-state index in [-0.39, 0.29) is 0 Å². The molecule has 3 nitrogen and oxygen atoms in total. The lowest BCUT2D eigenvalue weighted by Gasteiger charge is -2.09. The lowest BCUT2D eigenvalue weighted by Crippen LogP contribution is -2.13. The zero-order chi connectivity index (χ0) is 12.1. The second-order valence-electron chi connectivity index (χ2n) is 4.14. The fourth-order valence-corrected chi connectivity index (χ4v) is 2.12. The van der Waals surface area contributed by atoms with Gasteiger partial charge in [0, 0.05) is 26.4 Å². The molecule has 2 rings (SSSR count). The molecule has 0 spiro atoms. The van der Waals surface area contributed by atoms with Gasteiger partial charge in [-0.2, -0.15) is 0 Å². The Balaban J connectivity index is 2.33. The first-order valence-corrected chi connectivity index (χ1v) is 6.13. The minimum absolute atomic E-state index is 0.749. The fraction of sp³-hybridized carbons (Fsp3) is 0.429. The fourth-order valence-electron chi connectivity index (χ4n) is 2.12. The number of methoxy groups -OCH3 is 1. The molecule has 92 valence electrons. The van der Waals surface area contributed by atoms with Crippen LogP contribution < -0.4 is 5.32 Å². The van der Waals surface area contributed by atoms with Gasteiger partial charge in [0.1, 0.15) is 0 Å². The van der Waals surface area contributed by atoms with Gasteiger partial charge in [-0.05, 0) is 23.6 Å². The van der Waals surface area contributed by atoms with E-state index in [1.165, 1.54) is 16.5 Å². The van der Waals surface area contributed by atoms with E-state index in [4.69, 9.17) is 4.74 Å². The third kappa shape index (κ3) is 2.68. The number of fused-ring (bicyclic) bond motifs is 1. The largest absolute Gasteiger partial charge is 0.383 e. The van der Waals surface area contributed by atoms with Crippen LogP contribution in [0.1, 0.15) is 12.5 Å². The molecule has 0 unspecified atom stereocenters. The number of benzene rings is 1. The summed E-state index contributed by atoms with van der Waals surface area (Å²) in [6.07, 6.45) is 2.14. The molecule has 17 heavy (non-hydrogen) atoms. The molecule has 0 aliphatic heterocycles. The van der Waals surface area contributed by atoms with Gasteiger partial charge in [0.15, 0.2) is 0 Å². The van der Waals surface area contributed by atoms with Crippen LogP contribution in [0, 0.1) is 0 Å². The molecule has 0 amide bonds. The number of hydrogen-bond acceptors (Lipinski definition) is 2. The molecule has 0 bridgehead atoms. The Morgan fingerprint density at radius 2 is 2.18 bits per heavy atom. The van der Waals surface area contributed by atoms with Crippen LogP contribution >= 0.6 is 0 Å². The molecule has 1 heterocycles. The molecule has 0 aliphatic carbocycles. The van der Waals surface area contributed by atoms with Crippen molar-refractivity contribution >= 4 is 10.9 Å². The summed E-state index contributed by atoms with van der Waals surface area (Å²) in [4.78, 5) is 0. The number of aromatic nitrogens is 1. The second-order valence-corrected chi connectivity index (χ2v) is 4.14. The Kier molecular flexibility index (Phi) is 4.18. The maximum Gasteiger partial charge on any atom is 0.0641 e. The number of ether oxygens (including phenoxy) is 1. The zero-order valence-electron chi connectivity index (χ0n) is 10.6. The molecule has 0 aliphatic rings. The Morgan fingerprint density at radius 3 is 2.94 bits per heavy atom. The van der Waals surface area contributed by atoms with E-state index in [0.717, 1.165) is 26.2 Å². The molecule has 1 aromatic heterocycles. The Hall–Kier alpha value is -1.32. The van der Waals surface area contributed by atoms with Crippen molar-refractivity contribution in [2.24, 2.45) is 0 Å². The number of rotatable bonds is 6.